The number of benzene rings is 4. The molecule has 0 nitrogen and oxygen atoms in total. The first-order valence-corrected chi connectivity index (χ1v) is 8.29. The highest BCUT2D eigenvalue weighted by molar-refractivity contribution is 9.10. The SMILES string of the molecule is Bc1c2ccccc2c2c3c(cccc13)-c1cc(Br)ccc1-2. The van der Waals surface area contributed by atoms with Crippen molar-refractivity contribution in [1.82, 2.24) is 0 Å². The standard InChI is InChI=1S/C20H12BBr/c21-20-15-5-2-1-4-12(15)18-14-9-8-11(22)10-17(14)13-6-3-7-16(20)19(13)18/h1-10H,21H2. The third-order valence-electron chi connectivity index (χ3n) is 4.86. The number of hydrogen-bond acceptors (Lipinski definition) is 0. The normalized spacial score (nSPS) is 12.0. The summed E-state index contributed by atoms with van der Waals surface area (Å²) in [6, 6.07) is 22.1. The van der Waals surface area contributed by atoms with Gasteiger partial charge in [0, 0.05) is 4.47 Å². The molecule has 4 aromatic carbocycles. The Morgan fingerprint density at radius 2 is 1.45 bits per heavy atom. The van der Waals surface area contributed by atoms with Crippen molar-refractivity contribution in [3.8, 4) is 22.3 Å². The van der Waals surface area contributed by atoms with Crippen molar-refractivity contribution in [2.75, 3.05) is 0 Å². The van der Waals surface area contributed by atoms with Crippen LogP contribution in [0.3, 0.4) is 0 Å². The second-order valence-electron chi connectivity index (χ2n) is 5.96. The summed E-state index contributed by atoms with van der Waals surface area (Å²) in [7, 11) is 2.24. The fourth-order valence-corrected chi connectivity index (χ4v) is 4.26. The van der Waals surface area contributed by atoms with Crippen LogP contribution in [0.5, 0.6) is 0 Å². The molecule has 0 bridgehead atoms. The molecule has 0 heterocycles. The molecular weight excluding hydrogens is 331 g/mol. The fourth-order valence-electron chi connectivity index (χ4n) is 3.90. The van der Waals surface area contributed by atoms with E-state index in [0.717, 1.165) is 4.47 Å². The summed E-state index contributed by atoms with van der Waals surface area (Å²) in [6.07, 6.45) is 0. The van der Waals surface area contributed by atoms with Gasteiger partial charge in [-0.2, -0.15) is 0 Å². The minimum absolute atomic E-state index is 1.14. The van der Waals surface area contributed by atoms with Gasteiger partial charge in [-0.15, -0.1) is 0 Å². The molecule has 22 heavy (non-hydrogen) atoms. The summed E-state index contributed by atoms with van der Waals surface area (Å²) in [6.45, 7) is 0. The highest BCUT2D eigenvalue weighted by atomic mass is 79.9. The Morgan fingerprint density at radius 3 is 2.32 bits per heavy atom. The average molecular weight is 343 g/mol. The predicted molar refractivity (Wildman–Crippen MR) is 102 cm³/mol. The molecule has 102 valence electrons. The van der Waals surface area contributed by atoms with E-state index in [1.165, 1.54) is 49.3 Å². The molecule has 0 amide bonds. The topological polar surface area (TPSA) is 0 Å². The van der Waals surface area contributed by atoms with Crippen molar-refractivity contribution >= 4 is 50.8 Å². The Bertz CT molecular complexity index is 1100. The van der Waals surface area contributed by atoms with E-state index in [0.29, 0.717) is 0 Å². The Hall–Kier alpha value is -2.06. The average Bonchev–Trinajstić information content (AvgIpc) is 2.87. The molecule has 1 aliphatic carbocycles. The first-order chi connectivity index (χ1) is 10.8. The number of fused-ring (bicyclic) bond motifs is 5. The molecule has 0 spiro atoms. The Labute approximate surface area is 138 Å². The molecule has 0 saturated heterocycles. The lowest BCUT2D eigenvalue weighted by atomic mass is 9.82. The lowest BCUT2D eigenvalue weighted by molar-refractivity contribution is 1.65. The van der Waals surface area contributed by atoms with Crippen LogP contribution in [0.25, 0.3) is 43.8 Å². The van der Waals surface area contributed by atoms with Crippen LogP contribution in [0.4, 0.5) is 0 Å². The van der Waals surface area contributed by atoms with Gasteiger partial charge in [0.25, 0.3) is 0 Å². The van der Waals surface area contributed by atoms with Crippen molar-refractivity contribution in [3.63, 3.8) is 0 Å². The van der Waals surface area contributed by atoms with E-state index in [1.807, 2.05) is 0 Å². The predicted octanol–water partition coefficient (Wildman–Crippen LogP) is 4.66. The maximum Gasteiger partial charge on any atom is 0.140 e. The van der Waals surface area contributed by atoms with Gasteiger partial charge in [0.1, 0.15) is 7.85 Å². The molecular formula is C20H12BBr. The van der Waals surface area contributed by atoms with E-state index in [2.05, 4.69) is 84.4 Å². The molecule has 0 aromatic heterocycles. The number of rotatable bonds is 0. The van der Waals surface area contributed by atoms with E-state index in [9.17, 15) is 0 Å². The van der Waals surface area contributed by atoms with Gasteiger partial charge in [0.15, 0.2) is 0 Å². The van der Waals surface area contributed by atoms with Crippen molar-refractivity contribution < 1.29 is 0 Å². The van der Waals surface area contributed by atoms with Crippen LogP contribution in [0, 0.1) is 0 Å². The molecule has 4 aromatic rings. The quantitative estimate of drug-likeness (QED) is 0.283. The molecule has 0 atom stereocenters. The van der Waals surface area contributed by atoms with E-state index < -0.39 is 0 Å². The molecule has 0 aliphatic heterocycles. The van der Waals surface area contributed by atoms with Gasteiger partial charge in [-0.25, -0.2) is 0 Å². The summed E-state index contributed by atoms with van der Waals surface area (Å²) in [4.78, 5) is 0. The van der Waals surface area contributed by atoms with Gasteiger partial charge in [-0.1, -0.05) is 69.9 Å². The molecule has 0 saturated carbocycles. The van der Waals surface area contributed by atoms with Crippen LogP contribution in [0.1, 0.15) is 0 Å². The first-order valence-electron chi connectivity index (χ1n) is 7.50. The van der Waals surface area contributed by atoms with Gasteiger partial charge < -0.3 is 0 Å². The number of halogens is 1. The summed E-state index contributed by atoms with van der Waals surface area (Å²) >= 11 is 3.62. The second-order valence-corrected chi connectivity index (χ2v) is 6.88. The van der Waals surface area contributed by atoms with E-state index in [-0.39, 0.29) is 0 Å². The van der Waals surface area contributed by atoms with Crippen LogP contribution in [-0.4, -0.2) is 7.85 Å². The van der Waals surface area contributed by atoms with Crippen LogP contribution >= 0.6 is 15.9 Å². The maximum absolute atomic E-state index is 3.62. The Balaban J connectivity index is 2.14. The summed E-state index contributed by atoms with van der Waals surface area (Å²) in [5, 5.41) is 5.50. The summed E-state index contributed by atoms with van der Waals surface area (Å²) in [5.74, 6) is 0. The Morgan fingerprint density at radius 1 is 0.682 bits per heavy atom. The third-order valence-corrected chi connectivity index (χ3v) is 5.35. The fraction of sp³-hybridized carbons (Fsp3) is 0. The molecule has 5 rings (SSSR count). The molecule has 0 radical (unpaired) electrons. The van der Waals surface area contributed by atoms with Crippen LogP contribution in [0.15, 0.2) is 65.1 Å². The van der Waals surface area contributed by atoms with Crippen LogP contribution < -0.4 is 5.46 Å². The van der Waals surface area contributed by atoms with Crippen molar-refractivity contribution in [2.45, 2.75) is 0 Å². The summed E-state index contributed by atoms with van der Waals surface area (Å²) < 4.78 is 1.14. The zero-order chi connectivity index (χ0) is 14.8. The largest absolute Gasteiger partial charge is 0.140 e. The Kier molecular flexibility index (Phi) is 2.40. The lowest BCUT2D eigenvalue weighted by Gasteiger charge is -2.12. The van der Waals surface area contributed by atoms with Crippen LogP contribution in [-0.2, 0) is 0 Å². The smallest absolute Gasteiger partial charge is 0.0735 e. The molecule has 0 unspecified atom stereocenters. The highest BCUT2D eigenvalue weighted by Crippen LogP contribution is 2.50. The zero-order valence-corrected chi connectivity index (χ0v) is 13.7. The minimum Gasteiger partial charge on any atom is -0.0735 e. The zero-order valence-electron chi connectivity index (χ0n) is 12.2. The van der Waals surface area contributed by atoms with Gasteiger partial charge >= 0.3 is 0 Å². The first kappa shape index (κ1) is 12.5. The van der Waals surface area contributed by atoms with Gasteiger partial charge in [-0.05, 0) is 55.9 Å². The lowest BCUT2D eigenvalue weighted by Crippen LogP contribution is -2.06. The van der Waals surface area contributed by atoms with Crippen molar-refractivity contribution in [3.05, 3.63) is 65.1 Å². The number of hydrogen-bond donors (Lipinski definition) is 0. The molecule has 1 aliphatic rings. The monoisotopic (exact) mass is 342 g/mol. The third kappa shape index (κ3) is 1.43. The second kappa shape index (κ2) is 4.24. The van der Waals surface area contributed by atoms with Gasteiger partial charge in [0.2, 0.25) is 0 Å². The minimum atomic E-state index is 1.14. The van der Waals surface area contributed by atoms with E-state index >= 15 is 0 Å². The van der Waals surface area contributed by atoms with Gasteiger partial charge in [-0.3, -0.25) is 0 Å². The molecule has 0 N–H and O–H groups in total. The van der Waals surface area contributed by atoms with Crippen molar-refractivity contribution in [1.29, 1.82) is 0 Å². The van der Waals surface area contributed by atoms with Crippen LogP contribution in [0.2, 0.25) is 0 Å². The van der Waals surface area contributed by atoms with E-state index in [1.54, 1.807) is 0 Å². The molecule has 2 heteroatoms. The van der Waals surface area contributed by atoms with E-state index in [4.69, 9.17) is 0 Å². The summed E-state index contributed by atoms with van der Waals surface area (Å²) in [5.41, 5.74) is 6.83. The highest BCUT2D eigenvalue weighted by Gasteiger charge is 2.24. The van der Waals surface area contributed by atoms with Crippen molar-refractivity contribution in [2.24, 2.45) is 0 Å². The van der Waals surface area contributed by atoms with Gasteiger partial charge in [0.05, 0.1) is 0 Å². The maximum atomic E-state index is 3.62. The molecule has 0 fully saturated rings.